The van der Waals surface area contributed by atoms with Crippen LogP contribution in [0.1, 0.15) is 36.9 Å². The second kappa shape index (κ2) is 7.96. The molecule has 20 heavy (non-hydrogen) atoms. The lowest BCUT2D eigenvalue weighted by Gasteiger charge is -2.29. The number of nitrogens with zero attached hydrogens (tertiary/aromatic N) is 2. The Morgan fingerprint density at radius 3 is 2.90 bits per heavy atom. The summed E-state index contributed by atoms with van der Waals surface area (Å²) in [6, 6.07) is 0.188. The highest BCUT2D eigenvalue weighted by Gasteiger charge is 2.15. The molecule has 1 aromatic heterocycles. The Bertz CT molecular complexity index is 432. The van der Waals surface area contributed by atoms with Gasteiger partial charge in [-0.05, 0) is 32.9 Å². The van der Waals surface area contributed by atoms with Crippen LogP contribution in [-0.4, -0.2) is 41.5 Å². The summed E-state index contributed by atoms with van der Waals surface area (Å²) in [7, 11) is 0. The predicted octanol–water partition coefficient (Wildman–Crippen LogP) is 2.42. The molecule has 112 valence electrons. The van der Waals surface area contributed by atoms with Gasteiger partial charge in [0.15, 0.2) is 0 Å². The van der Waals surface area contributed by atoms with Gasteiger partial charge in [0.2, 0.25) is 5.91 Å². The van der Waals surface area contributed by atoms with Crippen LogP contribution >= 0.6 is 22.9 Å². The molecule has 0 aromatic carbocycles. The summed E-state index contributed by atoms with van der Waals surface area (Å²) in [4.78, 5) is 18.7. The number of carbonyl (C=O) groups is 1. The third-order valence-corrected chi connectivity index (χ3v) is 4.61. The maximum absolute atomic E-state index is 12.0. The van der Waals surface area contributed by atoms with Gasteiger partial charge in [-0.1, -0.05) is 6.42 Å². The molecule has 1 aromatic rings. The van der Waals surface area contributed by atoms with E-state index in [0.29, 0.717) is 12.3 Å². The Morgan fingerprint density at radius 2 is 2.25 bits per heavy atom. The van der Waals surface area contributed by atoms with Crippen molar-refractivity contribution in [2.24, 2.45) is 0 Å². The minimum Gasteiger partial charge on any atom is -0.352 e. The van der Waals surface area contributed by atoms with Gasteiger partial charge in [-0.2, -0.15) is 0 Å². The van der Waals surface area contributed by atoms with Crippen molar-refractivity contribution in [3.63, 3.8) is 0 Å². The maximum Gasteiger partial charge on any atom is 0.227 e. The molecule has 1 N–H and O–H groups in total. The first kappa shape index (κ1) is 15.7. The Morgan fingerprint density at radius 1 is 1.50 bits per heavy atom. The number of nitrogens with one attached hydrogen (secondary N) is 1. The van der Waals surface area contributed by atoms with Crippen LogP contribution in [0.4, 0.5) is 0 Å². The maximum atomic E-state index is 12.0. The summed E-state index contributed by atoms with van der Waals surface area (Å²) in [5.74, 6) is 0.453. The van der Waals surface area contributed by atoms with Crippen molar-refractivity contribution in [1.29, 1.82) is 0 Å². The fourth-order valence-electron chi connectivity index (χ4n) is 2.53. The quantitative estimate of drug-likeness (QED) is 0.820. The van der Waals surface area contributed by atoms with Crippen LogP contribution in [0.25, 0.3) is 0 Å². The van der Waals surface area contributed by atoms with Crippen molar-refractivity contribution in [3.05, 3.63) is 16.1 Å². The average molecular weight is 316 g/mol. The molecule has 1 amide bonds. The number of hydrogen-bond donors (Lipinski definition) is 1. The van der Waals surface area contributed by atoms with Crippen molar-refractivity contribution >= 4 is 28.8 Å². The lowest BCUT2D eigenvalue weighted by atomic mass is 10.1. The number of thiazole rings is 1. The Hall–Kier alpha value is -0.650. The molecule has 1 aliphatic heterocycles. The van der Waals surface area contributed by atoms with E-state index in [-0.39, 0.29) is 11.9 Å². The van der Waals surface area contributed by atoms with E-state index in [9.17, 15) is 4.79 Å². The molecule has 0 radical (unpaired) electrons. The highest BCUT2D eigenvalue weighted by molar-refractivity contribution is 7.09. The Kier molecular flexibility index (Phi) is 6.26. The van der Waals surface area contributed by atoms with Gasteiger partial charge in [0, 0.05) is 18.0 Å². The zero-order chi connectivity index (χ0) is 14.4. The van der Waals surface area contributed by atoms with E-state index >= 15 is 0 Å². The van der Waals surface area contributed by atoms with Gasteiger partial charge in [-0.15, -0.1) is 22.9 Å². The number of amides is 1. The third kappa shape index (κ3) is 5.04. The Balaban J connectivity index is 1.72. The SMILES string of the molecule is CC(CN1CCCCC1)NC(=O)Cc1nc(CCl)cs1. The molecule has 4 nitrogen and oxygen atoms in total. The monoisotopic (exact) mass is 315 g/mol. The number of alkyl halides is 1. The van der Waals surface area contributed by atoms with Gasteiger partial charge < -0.3 is 10.2 Å². The molecule has 0 saturated carbocycles. The number of likely N-dealkylation sites (tertiary alicyclic amines) is 1. The average Bonchev–Trinajstić information content (AvgIpc) is 2.87. The standard InChI is InChI=1S/C14H22ClN3OS/c1-11(9-18-5-3-2-4-6-18)16-13(19)7-14-17-12(8-15)10-20-14/h10-11H,2-9H2,1H3,(H,16,19). The van der Waals surface area contributed by atoms with Crippen molar-refractivity contribution < 1.29 is 4.79 Å². The fourth-order valence-corrected chi connectivity index (χ4v) is 3.55. The molecule has 0 spiro atoms. The molecule has 1 saturated heterocycles. The van der Waals surface area contributed by atoms with E-state index in [0.717, 1.165) is 30.3 Å². The van der Waals surface area contributed by atoms with Gasteiger partial charge in [0.1, 0.15) is 5.01 Å². The molecule has 2 rings (SSSR count). The smallest absolute Gasteiger partial charge is 0.227 e. The zero-order valence-electron chi connectivity index (χ0n) is 11.9. The van der Waals surface area contributed by atoms with Gasteiger partial charge in [0.05, 0.1) is 18.0 Å². The van der Waals surface area contributed by atoms with Crippen LogP contribution in [0.3, 0.4) is 0 Å². The van der Waals surface area contributed by atoms with Crippen LogP contribution in [0, 0.1) is 0 Å². The molecule has 0 aliphatic carbocycles. The van der Waals surface area contributed by atoms with Gasteiger partial charge in [-0.3, -0.25) is 4.79 Å². The van der Waals surface area contributed by atoms with E-state index in [4.69, 9.17) is 11.6 Å². The van der Waals surface area contributed by atoms with Gasteiger partial charge in [0.25, 0.3) is 0 Å². The lowest BCUT2D eigenvalue weighted by molar-refractivity contribution is -0.121. The largest absolute Gasteiger partial charge is 0.352 e. The number of hydrogen-bond acceptors (Lipinski definition) is 4. The van der Waals surface area contributed by atoms with Crippen molar-refractivity contribution in [2.75, 3.05) is 19.6 Å². The van der Waals surface area contributed by atoms with E-state index in [1.54, 1.807) is 0 Å². The van der Waals surface area contributed by atoms with Crippen LogP contribution in [0.2, 0.25) is 0 Å². The molecule has 1 unspecified atom stereocenters. The first-order chi connectivity index (χ1) is 9.67. The van der Waals surface area contributed by atoms with Crippen LogP contribution < -0.4 is 5.32 Å². The van der Waals surface area contributed by atoms with E-state index < -0.39 is 0 Å². The van der Waals surface area contributed by atoms with E-state index in [1.807, 2.05) is 5.38 Å². The Labute approximate surface area is 129 Å². The van der Waals surface area contributed by atoms with Crippen LogP contribution in [-0.2, 0) is 17.1 Å². The van der Waals surface area contributed by atoms with E-state index in [1.165, 1.54) is 30.6 Å². The summed E-state index contributed by atoms with van der Waals surface area (Å²) in [6.07, 6.45) is 4.25. The minimum atomic E-state index is 0.0463. The molecular formula is C14H22ClN3OS. The van der Waals surface area contributed by atoms with Crippen molar-refractivity contribution in [1.82, 2.24) is 15.2 Å². The predicted molar refractivity (Wildman–Crippen MR) is 83.3 cm³/mol. The molecule has 0 bridgehead atoms. The summed E-state index contributed by atoms with van der Waals surface area (Å²) < 4.78 is 0. The summed E-state index contributed by atoms with van der Waals surface area (Å²) in [6.45, 7) is 5.33. The molecule has 6 heteroatoms. The molecule has 2 heterocycles. The van der Waals surface area contributed by atoms with E-state index in [2.05, 4.69) is 22.1 Å². The topological polar surface area (TPSA) is 45.2 Å². The molecule has 1 atom stereocenters. The highest BCUT2D eigenvalue weighted by atomic mass is 35.5. The molecule has 1 fully saturated rings. The molecule has 1 aliphatic rings. The number of carbonyl (C=O) groups excluding carboxylic acids is 1. The summed E-state index contributed by atoms with van der Waals surface area (Å²) in [5.41, 5.74) is 0.848. The minimum absolute atomic E-state index is 0.0463. The normalized spacial score (nSPS) is 17.9. The second-order valence-electron chi connectivity index (χ2n) is 5.37. The first-order valence-electron chi connectivity index (χ1n) is 7.18. The zero-order valence-corrected chi connectivity index (χ0v) is 13.5. The van der Waals surface area contributed by atoms with Crippen molar-refractivity contribution in [3.8, 4) is 0 Å². The van der Waals surface area contributed by atoms with Crippen LogP contribution in [0.15, 0.2) is 5.38 Å². The van der Waals surface area contributed by atoms with Gasteiger partial charge in [-0.25, -0.2) is 4.98 Å². The number of aromatic nitrogens is 1. The summed E-state index contributed by atoms with van der Waals surface area (Å²) in [5, 5.41) is 5.80. The number of halogens is 1. The number of piperidine rings is 1. The van der Waals surface area contributed by atoms with Crippen LogP contribution in [0.5, 0.6) is 0 Å². The first-order valence-corrected chi connectivity index (χ1v) is 8.59. The summed E-state index contributed by atoms with van der Waals surface area (Å²) >= 11 is 7.21. The molecular weight excluding hydrogens is 294 g/mol. The lowest BCUT2D eigenvalue weighted by Crippen LogP contribution is -2.44. The fraction of sp³-hybridized carbons (Fsp3) is 0.714. The third-order valence-electron chi connectivity index (χ3n) is 3.44. The van der Waals surface area contributed by atoms with Gasteiger partial charge >= 0.3 is 0 Å². The second-order valence-corrected chi connectivity index (χ2v) is 6.58. The highest BCUT2D eigenvalue weighted by Crippen LogP contribution is 2.12. The number of rotatable bonds is 6. The van der Waals surface area contributed by atoms with Crippen molar-refractivity contribution in [2.45, 2.75) is 44.5 Å².